The van der Waals surface area contributed by atoms with Crippen LogP contribution in [0.2, 0.25) is 0 Å². The lowest BCUT2D eigenvalue weighted by molar-refractivity contribution is -0.168. The lowest BCUT2D eigenvalue weighted by Gasteiger charge is -2.24. The van der Waals surface area contributed by atoms with Gasteiger partial charge in [-0.25, -0.2) is 0 Å². The molecule has 2 aliphatic rings. The minimum Gasteiger partial charge on any atom is -0.352 e. The maximum Gasteiger partial charge on any atom is 0.406 e. The number of halogens is 3. The zero-order chi connectivity index (χ0) is 12.0. The number of hydrogen-bond donors (Lipinski definition) is 2. The monoisotopic (exact) mass is 236 g/mol. The summed E-state index contributed by atoms with van der Waals surface area (Å²) < 4.78 is 37.8. The summed E-state index contributed by atoms with van der Waals surface area (Å²) >= 11 is 0. The highest BCUT2D eigenvalue weighted by Crippen LogP contribution is 2.49. The standard InChI is InChI=1S/C10H15F3N2O/c1-6(8(16)14-7-2-3-7)15-9(4-5-9)10(11,12)13/h6-7,15H,2-5H2,1H3,(H,14,16). The van der Waals surface area contributed by atoms with Crippen LogP contribution in [-0.4, -0.2) is 29.7 Å². The molecular formula is C10H15F3N2O. The molecule has 0 aromatic carbocycles. The van der Waals surface area contributed by atoms with E-state index in [2.05, 4.69) is 10.6 Å². The van der Waals surface area contributed by atoms with Crippen LogP contribution in [0.15, 0.2) is 0 Å². The molecule has 2 saturated carbocycles. The van der Waals surface area contributed by atoms with Gasteiger partial charge in [0.15, 0.2) is 0 Å². The van der Waals surface area contributed by atoms with Crippen LogP contribution < -0.4 is 10.6 Å². The van der Waals surface area contributed by atoms with Crippen molar-refractivity contribution in [1.29, 1.82) is 0 Å². The van der Waals surface area contributed by atoms with Gasteiger partial charge in [0.05, 0.1) is 6.04 Å². The van der Waals surface area contributed by atoms with Crippen molar-refractivity contribution in [3.8, 4) is 0 Å². The third kappa shape index (κ3) is 2.31. The van der Waals surface area contributed by atoms with Crippen molar-refractivity contribution < 1.29 is 18.0 Å². The van der Waals surface area contributed by atoms with Crippen molar-refractivity contribution >= 4 is 5.91 Å². The molecule has 0 saturated heterocycles. The number of alkyl halides is 3. The molecule has 0 spiro atoms. The lowest BCUT2D eigenvalue weighted by atomic mass is 10.2. The average molecular weight is 236 g/mol. The molecule has 1 atom stereocenters. The van der Waals surface area contributed by atoms with Gasteiger partial charge in [-0.3, -0.25) is 10.1 Å². The molecule has 0 radical (unpaired) electrons. The van der Waals surface area contributed by atoms with Crippen molar-refractivity contribution in [2.24, 2.45) is 0 Å². The van der Waals surface area contributed by atoms with Crippen molar-refractivity contribution in [2.45, 2.75) is 56.4 Å². The molecule has 3 nitrogen and oxygen atoms in total. The van der Waals surface area contributed by atoms with E-state index in [-0.39, 0.29) is 24.8 Å². The summed E-state index contributed by atoms with van der Waals surface area (Å²) in [6, 6.07) is -0.609. The van der Waals surface area contributed by atoms with Gasteiger partial charge in [-0.05, 0) is 32.6 Å². The predicted octanol–water partition coefficient (Wildman–Crippen LogP) is 1.34. The minimum atomic E-state index is -4.26. The number of hydrogen-bond acceptors (Lipinski definition) is 2. The molecule has 1 amide bonds. The summed E-state index contributed by atoms with van der Waals surface area (Å²) in [4.78, 5) is 11.5. The Bertz CT molecular complexity index is 295. The third-order valence-corrected chi connectivity index (χ3v) is 3.10. The smallest absolute Gasteiger partial charge is 0.352 e. The molecule has 0 aromatic heterocycles. The van der Waals surface area contributed by atoms with Gasteiger partial charge in [-0.1, -0.05) is 0 Å². The minimum absolute atomic E-state index is 0.0670. The van der Waals surface area contributed by atoms with Gasteiger partial charge in [0.25, 0.3) is 0 Å². The van der Waals surface area contributed by atoms with Crippen molar-refractivity contribution in [2.75, 3.05) is 0 Å². The van der Waals surface area contributed by atoms with E-state index in [4.69, 9.17) is 0 Å². The number of nitrogens with one attached hydrogen (secondary N) is 2. The van der Waals surface area contributed by atoms with E-state index in [0.29, 0.717) is 0 Å². The Morgan fingerprint density at radius 1 is 1.38 bits per heavy atom. The van der Waals surface area contributed by atoms with Crippen LogP contribution in [0.3, 0.4) is 0 Å². The topological polar surface area (TPSA) is 41.1 Å². The van der Waals surface area contributed by atoms with E-state index >= 15 is 0 Å². The Morgan fingerprint density at radius 3 is 2.31 bits per heavy atom. The Labute approximate surface area is 91.8 Å². The normalized spacial score (nSPS) is 25.0. The number of amides is 1. The van der Waals surface area contributed by atoms with E-state index in [1.165, 1.54) is 6.92 Å². The van der Waals surface area contributed by atoms with Gasteiger partial charge in [-0.15, -0.1) is 0 Å². The molecule has 2 fully saturated rings. The highest BCUT2D eigenvalue weighted by Gasteiger charge is 2.63. The third-order valence-electron chi connectivity index (χ3n) is 3.10. The second kappa shape index (κ2) is 3.61. The first-order valence-electron chi connectivity index (χ1n) is 5.49. The number of rotatable bonds is 4. The fourth-order valence-corrected chi connectivity index (χ4v) is 1.67. The molecule has 0 heterocycles. The number of carbonyl (C=O) groups excluding carboxylic acids is 1. The summed E-state index contributed by atoms with van der Waals surface area (Å²) in [5.41, 5.74) is -1.81. The fraction of sp³-hybridized carbons (Fsp3) is 0.900. The lowest BCUT2D eigenvalue weighted by Crippen LogP contribution is -2.54. The van der Waals surface area contributed by atoms with Crippen LogP contribution in [-0.2, 0) is 4.79 Å². The average Bonchev–Trinajstić information content (AvgIpc) is 2.96. The maximum absolute atomic E-state index is 12.6. The van der Waals surface area contributed by atoms with Gasteiger partial charge >= 0.3 is 6.18 Å². The first-order chi connectivity index (χ1) is 7.34. The second-order valence-corrected chi connectivity index (χ2v) is 4.73. The summed E-state index contributed by atoms with van der Waals surface area (Å²) in [7, 11) is 0. The largest absolute Gasteiger partial charge is 0.406 e. The van der Waals surface area contributed by atoms with Crippen LogP contribution in [0.4, 0.5) is 13.2 Å². The van der Waals surface area contributed by atoms with Crippen molar-refractivity contribution in [3.05, 3.63) is 0 Å². The predicted molar refractivity (Wildman–Crippen MR) is 51.8 cm³/mol. The van der Waals surface area contributed by atoms with Gasteiger partial charge < -0.3 is 5.32 Å². The van der Waals surface area contributed by atoms with E-state index in [1.54, 1.807) is 0 Å². The van der Waals surface area contributed by atoms with Gasteiger partial charge in [0.1, 0.15) is 5.54 Å². The molecule has 0 aromatic rings. The van der Waals surface area contributed by atoms with E-state index in [1.807, 2.05) is 0 Å². The Hall–Kier alpha value is -0.780. The van der Waals surface area contributed by atoms with Gasteiger partial charge in [0, 0.05) is 6.04 Å². The SMILES string of the molecule is CC(NC1(C(F)(F)F)CC1)C(=O)NC1CC1. The molecular weight excluding hydrogens is 221 g/mol. The first kappa shape index (κ1) is 11.7. The molecule has 1 unspecified atom stereocenters. The molecule has 2 N–H and O–H groups in total. The van der Waals surface area contributed by atoms with E-state index in [0.717, 1.165) is 12.8 Å². The van der Waals surface area contributed by atoms with Crippen LogP contribution in [0, 0.1) is 0 Å². The molecule has 16 heavy (non-hydrogen) atoms. The van der Waals surface area contributed by atoms with Crippen LogP contribution in [0.5, 0.6) is 0 Å². The molecule has 92 valence electrons. The molecule has 2 aliphatic carbocycles. The van der Waals surface area contributed by atoms with Crippen LogP contribution in [0.1, 0.15) is 32.6 Å². The Morgan fingerprint density at radius 2 is 1.94 bits per heavy atom. The highest BCUT2D eigenvalue weighted by molar-refractivity contribution is 5.82. The van der Waals surface area contributed by atoms with Crippen molar-refractivity contribution in [1.82, 2.24) is 10.6 Å². The van der Waals surface area contributed by atoms with Crippen LogP contribution >= 0.6 is 0 Å². The summed E-state index contributed by atoms with van der Waals surface area (Å²) in [5, 5.41) is 5.09. The summed E-state index contributed by atoms with van der Waals surface area (Å²) in [5.74, 6) is -0.335. The summed E-state index contributed by atoms with van der Waals surface area (Å²) in [6.07, 6.45) is -2.26. The number of carbonyl (C=O) groups is 1. The molecule has 6 heteroatoms. The van der Waals surface area contributed by atoms with E-state index < -0.39 is 17.8 Å². The summed E-state index contributed by atoms with van der Waals surface area (Å²) in [6.45, 7) is 1.48. The van der Waals surface area contributed by atoms with Crippen molar-refractivity contribution in [3.63, 3.8) is 0 Å². The zero-order valence-electron chi connectivity index (χ0n) is 9.03. The second-order valence-electron chi connectivity index (χ2n) is 4.73. The van der Waals surface area contributed by atoms with Crippen LogP contribution in [0.25, 0.3) is 0 Å². The fourth-order valence-electron chi connectivity index (χ4n) is 1.67. The Kier molecular flexibility index (Phi) is 2.64. The molecule has 2 rings (SSSR count). The molecule has 0 aliphatic heterocycles. The van der Waals surface area contributed by atoms with Gasteiger partial charge in [0.2, 0.25) is 5.91 Å². The maximum atomic E-state index is 12.6. The van der Waals surface area contributed by atoms with Gasteiger partial charge in [-0.2, -0.15) is 13.2 Å². The van der Waals surface area contributed by atoms with E-state index in [9.17, 15) is 18.0 Å². The molecule has 0 bridgehead atoms. The first-order valence-corrected chi connectivity index (χ1v) is 5.49. The highest BCUT2D eigenvalue weighted by atomic mass is 19.4. The quantitative estimate of drug-likeness (QED) is 0.773. The Balaban J connectivity index is 1.86. The zero-order valence-corrected chi connectivity index (χ0v) is 9.03.